The third kappa shape index (κ3) is 5.10. The molecule has 0 aliphatic heterocycles. The molecule has 18 heavy (non-hydrogen) atoms. The van der Waals surface area contributed by atoms with E-state index in [1.54, 1.807) is 12.4 Å². The predicted octanol–water partition coefficient (Wildman–Crippen LogP) is 2.10. The van der Waals surface area contributed by atoms with Crippen molar-refractivity contribution in [1.82, 2.24) is 20.2 Å². The fraction of sp³-hybridized carbons (Fsp3) is 0.714. The summed E-state index contributed by atoms with van der Waals surface area (Å²) in [6.07, 6.45) is 6.47. The van der Waals surface area contributed by atoms with Gasteiger partial charge in [-0.2, -0.15) is 0 Å². The summed E-state index contributed by atoms with van der Waals surface area (Å²) < 4.78 is 0. The van der Waals surface area contributed by atoms with E-state index in [4.69, 9.17) is 0 Å². The monoisotopic (exact) mass is 250 g/mol. The maximum Gasteiger partial charge on any atom is 0.0753 e. The molecule has 0 saturated heterocycles. The highest BCUT2D eigenvalue weighted by Crippen LogP contribution is 2.11. The molecule has 1 heterocycles. The van der Waals surface area contributed by atoms with E-state index in [0.717, 1.165) is 12.2 Å². The average molecular weight is 250 g/mol. The summed E-state index contributed by atoms with van der Waals surface area (Å²) >= 11 is 0. The van der Waals surface area contributed by atoms with Gasteiger partial charge in [0.15, 0.2) is 0 Å². The molecule has 0 aliphatic rings. The first-order chi connectivity index (χ1) is 8.50. The molecule has 1 aromatic heterocycles. The lowest BCUT2D eigenvalue weighted by Gasteiger charge is -2.27. The molecule has 2 unspecified atom stereocenters. The van der Waals surface area contributed by atoms with Gasteiger partial charge in [-0.3, -0.25) is 9.97 Å². The van der Waals surface area contributed by atoms with Crippen LogP contribution in [0.4, 0.5) is 0 Å². The van der Waals surface area contributed by atoms with Crippen LogP contribution >= 0.6 is 0 Å². The summed E-state index contributed by atoms with van der Waals surface area (Å²) in [5.41, 5.74) is 1.000. The van der Waals surface area contributed by atoms with E-state index < -0.39 is 0 Å². The number of likely N-dealkylation sites (N-methyl/N-ethyl adjacent to an activating group) is 1. The Bertz CT molecular complexity index is 324. The minimum Gasteiger partial charge on any atom is -0.307 e. The van der Waals surface area contributed by atoms with E-state index in [1.807, 2.05) is 6.20 Å². The molecule has 0 radical (unpaired) electrons. The number of hydrogen-bond donors (Lipinski definition) is 1. The van der Waals surface area contributed by atoms with Crippen LogP contribution in [0.5, 0.6) is 0 Å². The zero-order valence-electron chi connectivity index (χ0n) is 12.2. The van der Waals surface area contributed by atoms with Crippen LogP contribution in [0.2, 0.25) is 0 Å². The molecule has 0 saturated carbocycles. The van der Waals surface area contributed by atoms with Gasteiger partial charge in [-0.15, -0.1) is 0 Å². The van der Waals surface area contributed by atoms with Crippen LogP contribution in [-0.4, -0.2) is 41.5 Å². The summed E-state index contributed by atoms with van der Waals surface area (Å²) in [6.45, 7) is 7.64. The van der Waals surface area contributed by atoms with E-state index >= 15 is 0 Å². The van der Waals surface area contributed by atoms with Crippen LogP contribution in [0.3, 0.4) is 0 Å². The number of rotatable bonds is 7. The molecule has 4 nitrogen and oxygen atoms in total. The third-order valence-electron chi connectivity index (χ3n) is 3.16. The highest BCUT2D eigenvalue weighted by Gasteiger charge is 2.15. The fourth-order valence-electron chi connectivity index (χ4n) is 1.97. The lowest BCUT2D eigenvalue weighted by Crippen LogP contribution is -2.39. The van der Waals surface area contributed by atoms with E-state index in [1.165, 1.54) is 6.42 Å². The molecule has 0 aromatic carbocycles. The zero-order valence-corrected chi connectivity index (χ0v) is 12.2. The second-order valence-corrected chi connectivity index (χ2v) is 5.51. The number of aromatic nitrogens is 2. The van der Waals surface area contributed by atoms with Gasteiger partial charge in [0.05, 0.1) is 5.69 Å². The third-order valence-corrected chi connectivity index (χ3v) is 3.16. The standard InChI is InChI=1S/C14H26N4/c1-11(2)8-13(18(4)5)9-17-12(3)14-10-15-6-7-16-14/h6-7,10-13,17H,8-9H2,1-5H3. The van der Waals surface area contributed by atoms with Gasteiger partial charge in [0.1, 0.15) is 0 Å². The lowest BCUT2D eigenvalue weighted by atomic mass is 10.0. The molecular formula is C14H26N4. The van der Waals surface area contributed by atoms with Gasteiger partial charge in [0.2, 0.25) is 0 Å². The Morgan fingerprint density at radius 3 is 2.44 bits per heavy atom. The van der Waals surface area contributed by atoms with Crippen LogP contribution in [0.25, 0.3) is 0 Å². The molecule has 102 valence electrons. The summed E-state index contributed by atoms with van der Waals surface area (Å²) in [6, 6.07) is 0.803. The van der Waals surface area contributed by atoms with Crippen molar-refractivity contribution < 1.29 is 0 Å². The van der Waals surface area contributed by atoms with E-state index in [0.29, 0.717) is 12.0 Å². The molecule has 0 fully saturated rings. The van der Waals surface area contributed by atoms with Gasteiger partial charge in [0.25, 0.3) is 0 Å². The SMILES string of the molecule is CC(C)CC(CNC(C)c1cnccn1)N(C)C. The Morgan fingerprint density at radius 2 is 1.94 bits per heavy atom. The summed E-state index contributed by atoms with van der Waals surface area (Å²) in [5.74, 6) is 0.714. The first-order valence-electron chi connectivity index (χ1n) is 6.66. The van der Waals surface area contributed by atoms with Crippen molar-refractivity contribution in [1.29, 1.82) is 0 Å². The molecule has 1 N–H and O–H groups in total. The van der Waals surface area contributed by atoms with Gasteiger partial charge in [-0.1, -0.05) is 13.8 Å². The highest BCUT2D eigenvalue weighted by molar-refractivity contribution is 5.00. The van der Waals surface area contributed by atoms with Crippen LogP contribution in [0.15, 0.2) is 18.6 Å². The minimum atomic E-state index is 0.244. The predicted molar refractivity (Wildman–Crippen MR) is 75.4 cm³/mol. The quantitative estimate of drug-likeness (QED) is 0.804. The maximum absolute atomic E-state index is 4.32. The molecular weight excluding hydrogens is 224 g/mol. The Morgan fingerprint density at radius 1 is 1.22 bits per heavy atom. The van der Waals surface area contributed by atoms with Crippen LogP contribution in [-0.2, 0) is 0 Å². The molecule has 0 aliphatic carbocycles. The van der Waals surface area contributed by atoms with Crippen molar-refractivity contribution in [3.05, 3.63) is 24.3 Å². The van der Waals surface area contributed by atoms with Crippen molar-refractivity contribution in [3.8, 4) is 0 Å². The molecule has 1 aromatic rings. The molecule has 1 rings (SSSR count). The minimum absolute atomic E-state index is 0.244. The number of hydrogen-bond acceptors (Lipinski definition) is 4. The molecule has 0 bridgehead atoms. The summed E-state index contributed by atoms with van der Waals surface area (Å²) in [7, 11) is 4.28. The van der Waals surface area contributed by atoms with Crippen molar-refractivity contribution in [2.75, 3.05) is 20.6 Å². The van der Waals surface area contributed by atoms with Crippen LogP contribution in [0, 0.1) is 5.92 Å². The Kier molecular flexibility index (Phi) is 6.22. The van der Waals surface area contributed by atoms with Crippen LogP contribution in [0.1, 0.15) is 38.9 Å². The highest BCUT2D eigenvalue weighted by atomic mass is 15.1. The van der Waals surface area contributed by atoms with E-state index in [9.17, 15) is 0 Å². The zero-order chi connectivity index (χ0) is 13.5. The lowest BCUT2D eigenvalue weighted by molar-refractivity contribution is 0.241. The number of nitrogens with zero attached hydrogens (tertiary/aromatic N) is 3. The van der Waals surface area contributed by atoms with Gasteiger partial charge < -0.3 is 10.2 Å². The normalized spacial score (nSPS) is 15.1. The topological polar surface area (TPSA) is 41.1 Å². The van der Waals surface area contributed by atoms with Gasteiger partial charge >= 0.3 is 0 Å². The largest absolute Gasteiger partial charge is 0.307 e. The van der Waals surface area contributed by atoms with E-state index in [-0.39, 0.29) is 6.04 Å². The second kappa shape index (κ2) is 7.44. The first kappa shape index (κ1) is 15.1. The van der Waals surface area contributed by atoms with E-state index in [2.05, 4.69) is 55.1 Å². The molecule has 0 amide bonds. The summed E-state index contributed by atoms with van der Waals surface area (Å²) in [4.78, 5) is 10.7. The Balaban J connectivity index is 2.47. The maximum atomic E-state index is 4.32. The average Bonchev–Trinajstić information content (AvgIpc) is 2.34. The van der Waals surface area contributed by atoms with Crippen molar-refractivity contribution in [2.24, 2.45) is 5.92 Å². The van der Waals surface area contributed by atoms with Crippen molar-refractivity contribution >= 4 is 0 Å². The van der Waals surface area contributed by atoms with Crippen LogP contribution < -0.4 is 5.32 Å². The summed E-state index contributed by atoms with van der Waals surface area (Å²) in [5, 5.41) is 3.54. The molecule has 4 heteroatoms. The van der Waals surface area contributed by atoms with Gasteiger partial charge in [0, 0.05) is 37.2 Å². The van der Waals surface area contributed by atoms with Gasteiger partial charge in [-0.05, 0) is 33.4 Å². The first-order valence-corrected chi connectivity index (χ1v) is 6.66. The Labute approximate surface area is 111 Å². The number of nitrogens with one attached hydrogen (secondary N) is 1. The molecule has 2 atom stereocenters. The fourth-order valence-corrected chi connectivity index (χ4v) is 1.97. The van der Waals surface area contributed by atoms with Crippen molar-refractivity contribution in [3.63, 3.8) is 0 Å². The Hall–Kier alpha value is -1.00. The molecule has 0 spiro atoms. The van der Waals surface area contributed by atoms with Crippen molar-refractivity contribution in [2.45, 2.75) is 39.3 Å². The smallest absolute Gasteiger partial charge is 0.0753 e. The van der Waals surface area contributed by atoms with Gasteiger partial charge in [-0.25, -0.2) is 0 Å². The second-order valence-electron chi connectivity index (χ2n) is 5.51.